The molecule has 0 fully saturated rings. The molecular weight excluding hydrogens is 233 g/mol. The lowest BCUT2D eigenvalue weighted by Gasteiger charge is -2.26. The summed E-state index contributed by atoms with van der Waals surface area (Å²) >= 11 is 11.1. The molecule has 80 valence electrons. The van der Waals surface area contributed by atoms with E-state index >= 15 is 0 Å². The highest BCUT2D eigenvalue weighted by Gasteiger charge is 2.27. The van der Waals surface area contributed by atoms with E-state index in [1.165, 1.54) is 5.56 Å². The number of nitrogens with one attached hydrogen (secondary N) is 1. The maximum Gasteiger partial charge on any atom is 0.187 e. The van der Waals surface area contributed by atoms with Crippen LogP contribution in [0.3, 0.4) is 0 Å². The van der Waals surface area contributed by atoms with Gasteiger partial charge < -0.3 is 5.32 Å². The number of aryl methyl sites for hydroxylation is 1. The number of alkyl halides is 2. The zero-order valence-corrected chi connectivity index (χ0v) is 9.55. The van der Waals surface area contributed by atoms with Gasteiger partial charge in [0.2, 0.25) is 0 Å². The Kier molecular flexibility index (Phi) is 3.17. The van der Waals surface area contributed by atoms with Gasteiger partial charge in [0.25, 0.3) is 0 Å². The number of anilines is 1. The van der Waals surface area contributed by atoms with Crippen molar-refractivity contribution in [2.75, 3.05) is 5.32 Å². The SMILES string of the molecule is O=C(C(Cl)Cl)C1CCc2ccccc2N1. The number of hydrogen-bond acceptors (Lipinski definition) is 2. The van der Waals surface area contributed by atoms with Crippen LogP contribution in [0.25, 0.3) is 0 Å². The molecule has 0 saturated heterocycles. The lowest BCUT2D eigenvalue weighted by atomic mass is 9.96. The van der Waals surface area contributed by atoms with E-state index in [1.807, 2.05) is 18.2 Å². The molecule has 1 unspecified atom stereocenters. The minimum Gasteiger partial charge on any atom is -0.375 e. The molecule has 15 heavy (non-hydrogen) atoms. The number of halogens is 2. The van der Waals surface area contributed by atoms with Gasteiger partial charge in [-0.25, -0.2) is 0 Å². The number of fused-ring (bicyclic) bond motifs is 1. The highest BCUT2D eigenvalue weighted by Crippen LogP contribution is 2.25. The van der Waals surface area contributed by atoms with Crippen LogP contribution in [0, 0.1) is 0 Å². The van der Waals surface area contributed by atoms with Gasteiger partial charge >= 0.3 is 0 Å². The molecular formula is C11H11Cl2NO. The standard InChI is InChI=1S/C11H11Cl2NO/c12-11(13)10(15)9-6-5-7-3-1-2-4-8(7)14-9/h1-4,9,11,14H,5-6H2. The van der Waals surface area contributed by atoms with Crippen LogP contribution >= 0.6 is 23.2 Å². The Morgan fingerprint density at radius 3 is 2.87 bits per heavy atom. The van der Waals surface area contributed by atoms with E-state index in [4.69, 9.17) is 23.2 Å². The van der Waals surface area contributed by atoms with Crippen LogP contribution in [0.1, 0.15) is 12.0 Å². The molecule has 0 aliphatic carbocycles. The topological polar surface area (TPSA) is 29.1 Å². The van der Waals surface area contributed by atoms with E-state index in [1.54, 1.807) is 0 Å². The fourth-order valence-corrected chi connectivity index (χ4v) is 2.11. The molecule has 1 heterocycles. The summed E-state index contributed by atoms with van der Waals surface area (Å²) in [5.74, 6) is -0.146. The Labute approximate surface area is 98.6 Å². The van der Waals surface area contributed by atoms with Gasteiger partial charge in [-0.2, -0.15) is 0 Å². The van der Waals surface area contributed by atoms with Crippen LogP contribution in [0.5, 0.6) is 0 Å². The molecule has 1 aromatic carbocycles. The third-order valence-corrected chi connectivity index (χ3v) is 3.04. The maximum atomic E-state index is 11.6. The van der Waals surface area contributed by atoms with Crippen LogP contribution < -0.4 is 5.32 Å². The van der Waals surface area contributed by atoms with Gasteiger partial charge in [-0.3, -0.25) is 4.79 Å². The first kappa shape index (κ1) is 10.8. The minimum atomic E-state index is -0.937. The van der Waals surface area contributed by atoms with E-state index in [0.29, 0.717) is 0 Å². The molecule has 1 N–H and O–H groups in total. The fourth-order valence-electron chi connectivity index (χ4n) is 1.80. The number of hydrogen-bond donors (Lipinski definition) is 1. The number of ketones is 1. The van der Waals surface area contributed by atoms with Gasteiger partial charge in [-0.05, 0) is 24.5 Å². The molecule has 0 bridgehead atoms. The van der Waals surface area contributed by atoms with Crippen molar-refractivity contribution in [1.82, 2.24) is 0 Å². The molecule has 1 aliphatic rings. The molecule has 1 aromatic rings. The fraction of sp³-hybridized carbons (Fsp3) is 0.364. The lowest BCUT2D eigenvalue weighted by molar-refractivity contribution is -0.118. The van der Waals surface area contributed by atoms with Gasteiger partial charge in [-0.15, -0.1) is 0 Å². The van der Waals surface area contributed by atoms with Gasteiger partial charge in [0.05, 0.1) is 6.04 Å². The van der Waals surface area contributed by atoms with E-state index in [9.17, 15) is 4.79 Å². The maximum absolute atomic E-state index is 11.6. The Morgan fingerprint density at radius 2 is 2.13 bits per heavy atom. The zero-order valence-electron chi connectivity index (χ0n) is 8.04. The summed E-state index contributed by atoms with van der Waals surface area (Å²) in [7, 11) is 0. The number of carbonyl (C=O) groups is 1. The van der Waals surface area contributed by atoms with Crippen LogP contribution in [0.4, 0.5) is 5.69 Å². The molecule has 1 atom stereocenters. The van der Waals surface area contributed by atoms with Gasteiger partial charge in [-0.1, -0.05) is 41.4 Å². The van der Waals surface area contributed by atoms with E-state index in [2.05, 4.69) is 11.4 Å². The molecule has 0 aromatic heterocycles. The number of benzene rings is 1. The van der Waals surface area contributed by atoms with Crippen molar-refractivity contribution in [3.63, 3.8) is 0 Å². The molecule has 1 aliphatic heterocycles. The average Bonchev–Trinajstić information content (AvgIpc) is 2.27. The zero-order chi connectivity index (χ0) is 10.8. The van der Waals surface area contributed by atoms with E-state index in [-0.39, 0.29) is 11.8 Å². The third kappa shape index (κ3) is 2.27. The van der Waals surface area contributed by atoms with E-state index in [0.717, 1.165) is 18.5 Å². The smallest absolute Gasteiger partial charge is 0.187 e. The highest BCUT2D eigenvalue weighted by atomic mass is 35.5. The van der Waals surface area contributed by atoms with Crippen molar-refractivity contribution in [3.05, 3.63) is 29.8 Å². The molecule has 0 spiro atoms. The van der Waals surface area contributed by atoms with Gasteiger partial charge in [0.1, 0.15) is 0 Å². The predicted molar refractivity (Wildman–Crippen MR) is 62.7 cm³/mol. The predicted octanol–water partition coefficient (Wildman–Crippen LogP) is 2.79. The van der Waals surface area contributed by atoms with Crippen molar-refractivity contribution in [3.8, 4) is 0 Å². The first-order valence-electron chi connectivity index (χ1n) is 4.85. The van der Waals surface area contributed by atoms with Crippen molar-refractivity contribution >= 4 is 34.7 Å². The van der Waals surface area contributed by atoms with E-state index < -0.39 is 4.84 Å². The molecule has 0 amide bonds. The van der Waals surface area contributed by atoms with Crippen molar-refractivity contribution in [2.45, 2.75) is 23.7 Å². The van der Waals surface area contributed by atoms with Crippen LogP contribution in [-0.4, -0.2) is 16.7 Å². The Balaban J connectivity index is 2.15. The van der Waals surface area contributed by atoms with Gasteiger partial charge in [0, 0.05) is 5.69 Å². The average molecular weight is 244 g/mol. The first-order valence-corrected chi connectivity index (χ1v) is 5.72. The van der Waals surface area contributed by atoms with Gasteiger partial charge in [0.15, 0.2) is 10.6 Å². The van der Waals surface area contributed by atoms with Crippen molar-refractivity contribution in [1.29, 1.82) is 0 Å². The Morgan fingerprint density at radius 1 is 1.40 bits per heavy atom. The van der Waals surface area contributed by atoms with Crippen LogP contribution in [0.15, 0.2) is 24.3 Å². The summed E-state index contributed by atoms with van der Waals surface area (Å²) in [6, 6.07) is 7.71. The first-order chi connectivity index (χ1) is 7.18. The Bertz CT molecular complexity index is 379. The highest BCUT2D eigenvalue weighted by molar-refractivity contribution is 6.54. The molecule has 0 radical (unpaired) electrons. The van der Waals surface area contributed by atoms with Crippen molar-refractivity contribution < 1.29 is 4.79 Å². The normalized spacial score (nSPS) is 19.5. The summed E-state index contributed by atoms with van der Waals surface area (Å²) in [5.41, 5.74) is 2.25. The summed E-state index contributed by atoms with van der Waals surface area (Å²) < 4.78 is 0. The van der Waals surface area contributed by atoms with Crippen LogP contribution in [-0.2, 0) is 11.2 Å². The number of rotatable bonds is 2. The number of carbonyl (C=O) groups excluding carboxylic acids is 1. The second-order valence-corrected chi connectivity index (χ2v) is 4.69. The second kappa shape index (κ2) is 4.42. The second-order valence-electron chi connectivity index (χ2n) is 3.60. The Hall–Kier alpha value is -0.730. The largest absolute Gasteiger partial charge is 0.375 e. The number of Topliss-reactive ketones (excluding diaryl/α,β-unsaturated/α-hetero) is 1. The quantitative estimate of drug-likeness (QED) is 0.810. The molecule has 2 nitrogen and oxygen atoms in total. The summed E-state index contributed by atoms with van der Waals surface area (Å²) in [6.45, 7) is 0. The molecule has 2 rings (SSSR count). The summed E-state index contributed by atoms with van der Waals surface area (Å²) in [5, 5.41) is 3.16. The lowest BCUT2D eigenvalue weighted by Crippen LogP contribution is -2.36. The summed E-state index contributed by atoms with van der Waals surface area (Å²) in [6.07, 6.45) is 1.64. The van der Waals surface area contributed by atoms with Crippen molar-refractivity contribution in [2.24, 2.45) is 0 Å². The minimum absolute atomic E-state index is 0.146. The van der Waals surface area contributed by atoms with Crippen LogP contribution in [0.2, 0.25) is 0 Å². The molecule has 4 heteroatoms. The molecule has 0 saturated carbocycles. The monoisotopic (exact) mass is 243 g/mol. The third-order valence-electron chi connectivity index (χ3n) is 2.61. The number of para-hydroxylation sites is 1. The summed E-state index contributed by atoms with van der Waals surface area (Å²) in [4.78, 5) is 10.6.